The van der Waals surface area contributed by atoms with E-state index in [-0.39, 0.29) is 5.91 Å². The van der Waals surface area contributed by atoms with Crippen molar-refractivity contribution in [2.75, 3.05) is 24.9 Å². The van der Waals surface area contributed by atoms with Crippen molar-refractivity contribution in [3.05, 3.63) is 64.9 Å². The van der Waals surface area contributed by atoms with E-state index in [9.17, 15) is 4.79 Å². The smallest absolute Gasteiger partial charge is 0.255 e. The van der Waals surface area contributed by atoms with E-state index in [1.807, 2.05) is 50.2 Å². The molecule has 0 spiro atoms. The first kappa shape index (κ1) is 19.4. The zero-order valence-corrected chi connectivity index (χ0v) is 17.1. The second kappa shape index (κ2) is 7.86. The Bertz CT molecular complexity index is 1120. The number of aromatic nitrogens is 4. The lowest BCUT2D eigenvalue weighted by molar-refractivity contribution is -0.113. The molecule has 2 N–H and O–H groups in total. The molecule has 0 saturated carbocycles. The van der Waals surface area contributed by atoms with Crippen LogP contribution >= 0.6 is 0 Å². The molecule has 0 bridgehead atoms. The number of ether oxygens (including phenoxy) is 2. The Kier molecular flexibility index (Phi) is 5.09. The number of nitrogens with zero attached hydrogens (tertiary/aromatic N) is 4. The van der Waals surface area contributed by atoms with Crippen molar-refractivity contribution in [3.63, 3.8) is 0 Å². The molecule has 0 radical (unpaired) electrons. The van der Waals surface area contributed by atoms with Gasteiger partial charge in [0.1, 0.15) is 6.04 Å². The molecule has 0 fully saturated rings. The number of amides is 1. The molecule has 1 atom stereocenters. The van der Waals surface area contributed by atoms with Gasteiger partial charge in [0.25, 0.3) is 5.91 Å². The van der Waals surface area contributed by atoms with Gasteiger partial charge in [0.15, 0.2) is 11.5 Å². The summed E-state index contributed by atoms with van der Waals surface area (Å²) < 4.78 is 12.6. The third kappa shape index (κ3) is 3.34. The number of aryl methyl sites for hydroxylation is 1. The fourth-order valence-electron chi connectivity index (χ4n) is 3.56. The van der Waals surface area contributed by atoms with Gasteiger partial charge >= 0.3 is 0 Å². The van der Waals surface area contributed by atoms with Crippen LogP contribution in [0.25, 0.3) is 0 Å². The van der Waals surface area contributed by atoms with Gasteiger partial charge < -0.3 is 20.1 Å². The molecule has 0 aliphatic carbocycles. The number of fused-ring (bicyclic) bond motifs is 1. The number of anilines is 2. The summed E-state index contributed by atoms with van der Waals surface area (Å²) in [5.74, 6) is 1.25. The highest BCUT2D eigenvalue weighted by Gasteiger charge is 2.36. The Morgan fingerprint density at radius 2 is 1.87 bits per heavy atom. The minimum Gasteiger partial charge on any atom is -0.493 e. The van der Waals surface area contributed by atoms with Crippen LogP contribution in [0, 0.1) is 6.92 Å². The summed E-state index contributed by atoms with van der Waals surface area (Å²) in [6.07, 6.45) is 0. The SMILES string of the molecule is COc1cccc(C2C(C(=O)Nc3ccc(C)cc3)=C(C)Nc3nnnn32)c1OC. The number of hydrogen-bond acceptors (Lipinski definition) is 7. The molecule has 4 rings (SSSR count). The number of allylic oxidation sites excluding steroid dienone is 1. The van der Waals surface area contributed by atoms with E-state index in [4.69, 9.17) is 9.47 Å². The molecule has 1 unspecified atom stereocenters. The molecule has 1 aromatic heterocycles. The molecule has 9 heteroatoms. The fourth-order valence-corrected chi connectivity index (χ4v) is 3.56. The summed E-state index contributed by atoms with van der Waals surface area (Å²) >= 11 is 0. The number of carbonyl (C=O) groups is 1. The Balaban J connectivity index is 1.82. The van der Waals surface area contributed by atoms with Crippen LogP contribution in [0.4, 0.5) is 11.6 Å². The van der Waals surface area contributed by atoms with Crippen LogP contribution < -0.4 is 20.1 Å². The zero-order valence-electron chi connectivity index (χ0n) is 17.1. The minimum atomic E-state index is -0.605. The number of hydrogen-bond donors (Lipinski definition) is 2. The lowest BCUT2D eigenvalue weighted by atomic mass is 9.94. The third-order valence-electron chi connectivity index (χ3n) is 5.00. The van der Waals surface area contributed by atoms with E-state index >= 15 is 0 Å². The van der Waals surface area contributed by atoms with Crippen molar-refractivity contribution >= 4 is 17.5 Å². The predicted octanol–water partition coefficient (Wildman–Crippen LogP) is 2.93. The van der Waals surface area contributed by atoms with Crippen molar-refractivity contribution in [3.8, 4) is 11.5 Å². The second-order valence-corrected chi connectivity index (χ2v) is 6.92. The first-order valence-corrected chi connectivity index (χ1v) is 9.38. The summed E-state index contributed by atoms with van der Waals surface area (Å²) in [5.41, 5.74) is 3.64. The normalized spacial score (nSPS) is 15.3. The Hall–Kier alpha value is -3.88. The zero-order chi connectivity index (χ0) is 21.3. The van der Waals surface area contributed by atoms with Gasteiger partial charge in [-0.3, -0.25) is 4.79 Å². The van der Waals surface area contributed by atoms with Crippen molar-refractivity contribution in [1.29, 1.82) is 0 Å². The number of benzene rings is 2. The van der Waals surface area contributed by atoms with Crippen LogP contribution in [0.15, 0.2) is 53.7 Å². The predicted molar refractivity (Wildman–Crippen MR) is 112 cm³/mol. The van der Waals surface area contributed by atoms with E-state index in [2.05, 4.69) is 26.2 Å². The molecule has 154 valence electrons. The highest BCUT2D eigenvalue weighted by molar-refractivity contribution is 6.06. The quantitative estimate of drug-likeness (QED) is 0.671. The molecule has 2 aromatic carbocycles. The molecule has 2 heterocycles. The van der Waals surface area contributed by atoms with E-state index in [1.54, 1.807) is 25.0 Å². The molecule has 3 aromatic rings. The number of carbonyl (C=O) groups excluding carboxylic acids is 1. The van der Waals surface area contributed by atoms with Gasteiger partial charge in [0.2, 0.25) is 5.95 Å². The molecule has 30 heavy (non-hydrogen) atoms. The number of nitrogens with one attached hydrogen (secondary N) is 2. The maximum absolute atomic E-state index is 13.4. The molecule has 9 nitrogen and oxygen atoms in total. The van der Waals surface area contributed by atoms with E-state index in [0.717, 1.165) is 5.56 Å². The Labute approximate surface area is 173 Å². The van der Waals surface area contributed by atoms with Gasteiger partial charge in [0, 0.05) is 16.9 Å². The van der Waals surface area contributed by atoms with Gasteiger partial charge in [-0.2, -0.15) is 4.68 Å². The van der Waals surface area contributed by atoms with E-state index in [1.165, 1.54) is 0 Å². The summed E-state index contributed by atoms with van der Waals surface area (Å²) in [6.45, 7) is 3.82. The number of methoxy groups -OCH3 is 2. The number of rotatable bonds is 5. The first-order chi connectivity index (χ1) is 14.5. The van der Waals surface area contributed by atoms with Crippen LogP contribution in [-0.2, 0) is 4.79 Å². The second-order valence-electron chi connectivity index (χ2n) is 6.92. The van der Waals surface area contributed by atoms with Crippen molar-refractivity contribution in [1.82, 2.24) is 20.2 Å². The van der Waals surface area contributed by atoms with Crippen LogP contribution in [0.5, 0.6) is 11.5 Å². The molecule has 0 saturated heterocycles. The van der Waals surface area contributed by atoms with Crippen molar-refractivity contribution in [2.45, 2.75) is 19.9 Å². The Morgan fingerprint density at radius 1 is 1.10 bits per heavy atom. The lowest BCUT2D eigenvalue weighted by Crippen LogP contribution is -2.31. The van der Waals surface area contributed by atoms with E-state index < -0.39 is 6.04 Å². The van der Waals surface area contributed by atoms with Gasteiger partial charge in [0.05, 0.1) is 19.8 Å². The largest absolute Gasteiger partial charge is 0.493 e. The van der Waals surface area contributed by atoms with E-state index in [0.29, 0.717) is 40.0 Å². The molecular weight excluding hydrogens is 384 g/mol. The third-order valence-corrected chi connectivity index (χ3v) is 5.00. The summed E-state index contributed by atoms with van der Waals surface area (Å²) in [6, 6.07) is 12.5. The van der Waals surface area contributed by atoms with Gasteiger partial charge in [-0.1, -0.05) is 34.9 Å². The maximum atomic E-state index is 13.4. The number of tetrazole rings is 1. The lowest BCUT2D eigenvalue weighted by Gasteiger charge is -2.29. The highest BCUT2D eigenvalue weighted by Crippen LogP contribution is 2.42. The highest BCUT2D eigenvalue weighted by atomic mass is 16.5. The topological polar surface area (TPSA) is 103 Å². The molecular formula is C21H22N6O3. The van der Waals surface area contributed by atoms with Crippen molar-refractivity contribution < 1.29 is 14.3 Å². The van der Waals surface area contributed by atoms with Crippen LogP contribution in [0.2, 0.25) is 0 Å². The maximum Gasteiger partial charge on any atom is 0.255 e. The Morgan fingerprint density at radius 3 is 2.57 bits per heavy atom. The average Bonchev–Trinajstić information content (AvgIpc) is 3.21. The summed E-state index contributed by atoms with van der Waals surface area (Å²) in [7, 11) is 3.13. The average molecular weight is 406 g/mol. The van der Waals surface area contributed by atoms with Crippen LogP contribution in [0.3, 0.4) is 0 Å². The first-order valence-electron chi connectivity index (χ1n) is 9.38. The standard InChI is InChI=1S/C21H22N6O3/c1-12-8-10-14(11-9-12)23-20(28)17-13(2)22-21-24-25-26-27(21)18(17)15-6-5-7-16(29-3)19(15)30-4/h5-11,18H,1-4H3,(H,23,28)(H,22,24,26). The van der Waals surface area contributed by atoms with Crippen LogP contribution in [0.1, 0.15) is 24.1 Å². The molecule has 1 amide bonds. The van der Waals surface area contributed by atoms with Gasteiger partial charge in [-0.05, 0) is 42.5 Å². The van der Waals surface area contributed by atoms with Crippen molar-refractivity contribution in [2.24, 2.45) is 0 Å². The summed E-state index contributed by atoms with van der Waals surface area (Å²) in [4.78, 5) is 13.4. The van der Waals surface area contributed by atoms with Crippen LogP contribution in [-0.4, -0.2) is 40.3 Å². The van der Waals surface area contributed by atoms with Gasteiger partial charge in [-0.25, -0.2) is 0 Å². The minimum absolute atomic E-state index is 0.264. The fraction of sp³-hybridized carbons (Fsp3) is 0.238. The molecule has 1 aliphatic rings. The number of para-hydroxylation sites is 1. The molecule has 1 aliphatic heterocycles. The van der Waals surface area contributed by atoms with Gasteiger partial charge in [-0.15, -0.1) is 0 Å². The monoisotopic (exact) mass is 406 g/mol. The summed E-state index contributed by atoms with van der Waals surface area (Å²) in [5, 5.41) is 18.0.